The molecule has 0 fully saturated rings. The Morgan fingerprint density at radius 1 is 1.23 bits per heavy atom. The summed E-state index contributed by atoms with van der Waals surface area (Å²) in [6.45, 7) is 1.17. The first-order valence-electron chi connectivity index (χ1n) is 5.22. The highest BCUT2D eigenvalue weighted by Gasteiger charge is 1.89. The van der Waals surface area contributed by atoms with Crippen molar-refractivity contribution in [3.8, 4) is 0 Å². The fourth-order valence-corrected chi connectivity index (χ4v) is 9.50. The summed E-state index contributed by atoms with van der Waals surface area (Å²) in [4.78, 5) is 0. The Hall–Kier alpha value is -0.329. The van der Waals surface area contributed by atoms with Gasteiger partial charge in [0.05, 0.1) is 0 Å². The van der Waals surface area contributed by atoms with Crippen molar-refractivity contribution in [1.29, 1.82) is 0 Å². The van der Waals surface area contributed by atoms with Crippen LogP contribution in [-0.2, 0) is 0 Å². The van der Waals surface area contributed by atoms with Gasteiger partial charge in [0.1, 0.15) is 0 Å². The molecule has 72 valence electrons. The Labute approximate surface area is 88.0 Å². The number of hydrogen-bond donors (Lipinski definition) is 1. The zero-order valence-corrected chi connectivity index (χ0v) is 13.3. The Morgan fingerprint density at radius 3 is 2.69 bits per heavy atom. The third-order valence-corrected chi connectivity index (χ3v) is 13.8. The first-order valence-corrected chi connectivity index (χ1v) is 15.9. The summed E-state index contributed by atoms with van der Waals surface area (Å²) in [5.74, 6) is 0. The summed E-state index contributed by atoms with van der Waals surface area (Å²) in [7, 11) is 2.62. The molecule has 0 saturated heterocycles. The van der Waals surface area contributed by atoms with E-state index in [9.17, 15) is 0 Å². The quantitative estimate of drug-likeness (QED) is 0.506. The molecule has 0 saturated carbocycles. The smallest absolute Gasteiger partial charge is 0.0340 e. The normalized spacial score (nSPS) is 12.0. The van der Waals surface area contributed by atoms with Crippen LogP contribution in [0.2, 0.25) is 6.04 Å². The highest BCUT2D eigenvalue weighted by molar-refractivity contribution is 7.23. The standard InChI is InChI=1S/C9H19NSi3/c11-13-12-8-4-7-10-9-5-2-1-3-6-9/h1-3,5-6,10H,4,7-8,12-13H2,11H3. The molecule has 0 heterocycles. The zero-order chi connectivity index (χ0) is 9.36. The van der Waals surface area contributed by atoms with Gasteiger partial charge in [-0.05, 0) is 36.9 Å². The number of benzene rings is 1. The molecule has 1 aromatic rings. The molecule has 0 amide bonds. The van der Waals surface area contributed by atoms with Crippen LogP contribution in [0.3, 0.4) is 0 Å². The Morgan fingerprint density at radius 2 is 2.00 bits per heavy atom. The maximum Gasteiger partial charge on any atom is 0.0340 e. The summed E-state index contributed by atoms with van der Waals surface area (Å²) in [6.07, 6.45) is 1.40. The van der Waals surface area contributed by atoms with Crippen LogP contribution in [0.5, 0.6) is 0 Å². The summed E-state index contributed by atoms with van der Waals surface area (Å²) < 4.78 is 0. The van der Waals surface area contributed by atoms with Crippen LogP contribution in [-0.4, -0.2) is 33.9 Å². The van der Waals surface area contributed by atoms with Crippen molar-refractivity contribution in [1.82, 2.24) is 0 Å². The number of para-hydroxylation sites is 1. The van der Waals surface area contributed by atoms with Gasteiger partial charge in [0, 0.05) is 21.3 Å². The highest BCUT2D eigenvalue weighted by atomic mass is 29.5. The average molecular weight is 226 g/mol. The molecule has 0 unspecified atom stereocenters. The van der Waals surface area contributed by atoms with Crippen LogP contribution >= 0.6 is 0 Å². The van der Waals surface area contributed by atoms with E-state index < -0.39 is 0 Å². The van der Waals surface area contributed by atoms with E-state index in [-0.39, 0.29) is 0 Å². The van der Waals surface area contributed by atoms with Crippen LogP contribution in [0.15, 0.2) is 30.3 Å². The SMILES string of the molecule is [SiH3][SiH2][SiH2]CCCNc1ccccc1. The molecule has 0 aliphatic heterocycles. The number of rotatable bonds is 6. The van der Waals surface area contributed by atoms with Crippen molar-refractivity contribution in [2.45, 2.75) is 12.5 Å². The van der Waals surface area contributed by atoms with Gasteiger partial charge in [0.25, 0.3) is 0 Å². The van der Waals surface area contributed by atoms with E-state index in [1.165, 1.54) is 18.7 Å². The summed E-state index contributed by atoms with van der Waals surface area (Å²) in [6, 6.07) is 12.1. The van der Waals surface area contributed by atoms with E-state index in [2.05, 4.69) is 35.6 Å². The maximum atomic E-state index is 3.45. The topological polar surface area (TPSA) is 12.0 Å². The van der Waals surface area contributed by atoms with Crippen LogP contribution in [0, 0.1) is 0 Å². The van der Waals surface area contributed by atoms with Crippen molar-refractivity contribution in [3.63, 3.8) is 0 Å². The number of hydrogen-bond acceptors (Lipinski definition) is 1. The van der Waals surface area contributed by atoms with Crippen molar-refractivity contribution < 1.29 is 0 Å². The molecule has 0 aromatic heterocycles. The summed E-state index contributed by atoms with van der Waals surface area (Å²) in [5, 5.41) is 3.45. The van der Waals surface area contributed by atoms with E-state index in [1.807, 2.05) is 0 Å². The molecule has 1 N–H and O–H groups in total. The molecule has 13 heavy (non-hydrogen) atoms. The Kier molecular flexibility index (Phi) is 5.88. The van der Waals surface area contributed by atoms with Gasteiger partial charge in [-0.15, -0.1) is 0 Å². The van der Waals surface area contributed by atoms with Crippen LogP contribution in [0.4, 0.5) is 5.69 Å². The van der Waals surface area contributed by atoms with E-state index >= 15 is 0 Å². The molecule has 1 nitrogen and oxygen atoms in total. The summed E-state index contributed by atoms with van der Waals surface area (Å²) in [5.41, 5.74) is 1.27. The third-order valence-electron chi connectivity index (χ3n) is 2.13. The second kappa shape index (κ2) is 7.11. The van der Waals surface area contributed by atoms with Crippen molar-refractivity contribution >= 4 is 33.0 Å². The molecule has 1 aromatic carbocycles. The van der Waals surface area contributed by atoms with Gasteiger partial charge in [-0.1, -0.05) is 24.2 Å². The monoisotopic (exact) mass is 225 g/mol. The van der Waals surface area contributed by atoms with Crippen molar-refractivity contribution in [2.75, 3.05) is 11.9 Å². The second-order valence-electron chi connectivity index (χ2n) is 3.35. The molecule has 0 bridgehead atoms. The van der Waals surface area contributed by atoms with Crippen LogP contribution < -0.4 is 5.32 Å². The molecule has 0 aliphatic carbocycles. The van der Waals surface area contributed by atoms with Gasteiger partial charge in [-0.2, -0.15) is 0 Å². The Bertz CT molecular complexity index is 215. The lowest BCUT2D eigenvalue weighted by molar-refractivity contribution is 0.975. The van der Waals surface area contributed by atoms with Gasteiger partial charge in [-0.25, -0.2) is 0 Å². The molecule has 4 heteroatoms. The molecule has 0 spiro atoms. The van der Waals surface area contributed by atoms with Crippen LogP contribution in [0.1, 0.15) is 6.42 Å². The molecular weight excluding hydrogens is 206 g/mol. The lowest BCUT2D eigenvalue weighted by Crippen LogP contribution is -2.06. The summed E-state index contributed by atoms with van der Waals surface area (Å²) >= 11 is 0. The maximum absolute atomic E-state index is 3.45. The van der Waals surface area contributed by atoms with Gasteiger partial charge >= 0.3 is 0 Å². The lowest BCUT2D eigenvalue weighted by Gasteiger charge is -2.04. The highest BCUT2D eigenvalue weighted by Crippen LogP contribution is 2.04. The van der Waals surface area contributed by atoms with Gasteiger partial charge < -0.3 is 5.32 Å². The lowest BCUT2D eigenvalue weighted by atomic mass is 10.3. The van der Waals surface area contributed by atoms with E-state index in [4.69, 9.17) is 0 Å². The van der Waals surface area contributed by atoms with Crippen molar-refractivity contribution in [3.05, 3.63) is 30.3 Å². The zero-order valence-electron chi connectivity index (χ0n) is 8.42. The number of nitrogens with one attached hydrogen (secondary N) is 1. The molecule has 0 aliphatic rings. The minimum Gasteiger partial charge on any atom is -0.385 e. The number of anilines is 1. The molecule has 0 radical (unpaired) electrons. The van der Waals surface area contributed by atoms with E-state index in [1.54, 1.807) is 15.8 Å². The first-order chi connectivity index (χ1) is 6.43. The van der Waals surface area contributed by atoms with E-state index in [0.29, 0.717) is 17.6 Å². The fraction of sp³-hybridized carbons (Fsp3) is 0.333. The average Bonchev–Trinajstić information content (AvgIpc) is 2.19. The fourth-order valence-electron chi connectivity index (χ4n) is 1.34. The molecule has 0 atom stereocenters. The van der Waals surface area contributed by atoms with Gasteiger partial charge in [0.15, 0.2) is 0 Å². The minimum atomic E-state index is 0.482. The van der Waals surface area contributed by atoms with Crippen LogP contribution in [0.25, 0.3) is 0 Å². The second-order valence-corrected chi connectivity index (χ2v) is 19.9. The molecular formula is C9H19NSi3. The van der Waals surface area contributed by atoms with Gasteiger partial charge in [0.2, 0.25) is 0 Å². The Balaban J connectivity index is 2.07. The minimum absolute atomic E-state index is 0.482. The predicted molar refractivity (Wildman–Crippen MR) is 71.4 cm³/mol. The first kappa shape index (κ1) is 10.7. The van der Waals surface area contributed by atoms with Crippen molar-refractivity contribution in [2.24, 2.45) is 0 Å². The third kappa shape index (κ3) is 5.07. The van der Waals surface area contributed by atoms with E-state index in [0.717, 1.165) is 0 Å². The van der Waals surface area contributed by atoms with Gasteiger partial charge in [-0.3, -0.25) is 0 Å². The largest absolute Gasteiger partial charge is 0.385 e. The predicted octanol–water partition coefficient (Wildman–Crippen LogP) is -0.560. The molecule has 1 rings (SSSR count).